The molecule has 0 aromatic heterocycles. The Morgan fingerprint density at radius 2 is 2.13 bits per heavy atom. The van der Waals surface area contributed by atoms with Crippen LogP contribution in [0.2, 0.25) is 0 Å². The summed E-state index contributed by atoms with van der Waals surface area (Å²) in [7, 11) is 0. The molecule has 0 aliphatic carbocycles. The number of hydrogen-bond donors (Lipinski definition) is 0. The van der Waals surface area contributed by atoms with Gasteiger partial charge in [-0.05, 0) is 20.8 Å². The van der Waals surface area contributed by atoms with Crippen LogP contribution in [0, 0.1) is 0 Å². The summed E-state index contributed by atoms with van der Waals surface area (Å²) in [5.41, 5.74) is 0.919. The highest BCUT2D eigenvalue weighted by molar-refractivity contribution is 5.89. The SMILES string of the molecule is CC(=O)OCC1(C)CC(C)=C(C)C(=O)O1. The van der Waals surface area contributed by atoms with Crippen LogP contribution in [0.15, 0.2) is 11.1 Å². The normalized spacial score (nSPS) is 26.3. The Morgan fingerprint density at radius 3 is 2.60 bits per heavy atom. The Morgan fingerprint density at radius 1 is 1.53 bits per heavy atom. The summed E-state index contributed by atoms with van der Waals surface area (Å²) in [6.45, 7) is 6.84. The minimum absolute atomic E-state index is 0.110. The molecule has 0 spiro atoms. The van der Waals surface area contributed by atoms with Crippen LogP contribution in [0.5, 0.6) is 0 Å². The topological polar surface area (TPSA) is 52.6 Å². The van der Waals surface area contributed by atoms with Crippen LogP contribution in [0.4, 0.5) is 0 Å². The molecule has 1 aliphatic heterocycles. The third-order valence-electron chi connectivity index (χ3n) is 2.51. The number of hydrogen-bond acceptors (Lipinski definition) is 4. The van der Waals surface area contributed by atoms with E-state index in [0.29, 0.717) is 12.0 Å². The number of ether oxygens (including phenoxy) is 2. The van der Waals surface area contributed by atoms with Gasteiger partial charge in [-0.15, -0.1) is 0 Å². The second kappa shape index (κ2) is 4.04. The summed E-state index contributed by atoms with van der Waals surface area (Å²) in [6, 6.07) is 0. The second-order valence-corrected chi connectivity index (χ2v) is 4.20. The van der Waals surface area contributed by atoms with Gasteiger partial charge in [0.15, 0.2) is 0 Å². The molecule has 0 fully saturated rings. The zero-order valence-corrected chi connectivity index (χ0v) is 9.55. The Labute approximate surface area is 89.2 Å². The third-order valence-corrected chi connectivity index (χ3v) is 2.51. The zero-order chi connectivity index (χ0) is 11.6. The number of carbonyl (C=O) groups is 2. The zero-order valence-electron chi connectivity index (χ0n) is 9.55. The molecule has 1 heterocycles. The summed E-state index contributed by atoms with van der Waals surface area (Å²) in [5, 5.41) is 0. The van der Waals surface area contributed by atoms with E-state index in [2.05, 4.69) is 0 Å². The highest BCUT2D eigenvalue weighted by atomic mass is 16.6. The van der Waals surface area contributed by atoms with E-state index in [1.165, 1.54) is 6.92 Å². The van der Waals surface area contributed by atoms with Crippen molar-refractivity contribution in [2.45, 2.75) is 39.7 Å². The first-order valence-electron chi connectivity index (χ1n) is 4.87. The van der Waals surface area contributed by atoms with Gasteiger partial charge in [-0.25, -0.2) is 4.79 Å². The maximum absolute atomic E-state index is 11.4. The predicted molar refractivity (Wildman–Crippen MR) is 54.1 cm³/mol. The van der Waals surface area contributed by atoms with E-state index in [0.717, 1.165) is 5.57 Å². The molecule has 0 radical (unpaired) electrons. The van der Waals surface area contributed by atoms with Crippen molar-refractivity contribution in [3.05, 3.63) is 11.1 Å². The van der Waals surface area contributed by atoms with Crippen molar-refractivity contribution >= 4 is 11.9 Å². The van der Waals surface area contributed by atoms with Crippen LogP contribution in [0.3, 0.4) is 0 Å². The highest BCUT2D eigenvalue weighted by Crippen LogP contribution is 2.29. The van der Waals surface area contributed by atoms with Crippen molar-refractivity contribution in [3.63, 3.8) is 0 Å². The molecule has 0 N–H and O–H groups in total. The highest BCUT2D eigenvalue weighted by Gasteiger charge is 2.36. The van der Waals surface area contributed by atoms with Crippen LogP contribution >= 0.6 is 0 Å². The predicted octanol–water partition coefficient (Wildman–Crippen LogP) is 1.59. The van der Waals surface area contributed by atoms with Crippen LogP contribution in [-0.2, 0) is 19.1 Å². The van der Waals surface area contributed by atoms with Crippen molar-refractivity contribution in [1.29, 1.82) is 0 Å². The van der Waals surface area contributed by atoms with E-state index in [-0.39, 0.29) is 18.5 Å². The van der Waals surface area contributed by atoms with Crippen LogP contribution in [-0.4, -0.2) is 24.1 Å². The number of esters is 2. The van der Waals surface area contributed by atoms with E-state index in [9.17, 15) is 9.59 Å². The lowest BCUT2D eigenvalue weighted by Crippen LogP contribution is -2.41. The lowest BCUT2D eigenvalue weighted by atomic mass is 9.92. The summed E-state index contributed by atoms with van der Waals surface area (Å²) in [5.74, 6) is -0.690. The van der Waals surface area contributed by atoms with Gasteiger partial charge in [0.1, 0.15) is 12.2 Å². The van der Waals surface area contributed by atoms with Crippen molar-refractivity contribution in [1.82, 2.24) is 0 Å². The molecule has 0 aromatic rings. The van der Waals surface area contributed by atoms with Crippen molar-refractivity contribution in [2.24, 2.45) is 0 Å². The van der Waals surface area contributed by atoms with Gasteiger partial charge in [0, 0.05) is 18.9 Å². The maximum Gasteiger partial charge on any atom is 0.334 e. The van der Waals surface area contributed by atoms with E-state index in [4.69, 9.17) is 9.47 Å². The van der Waals surface area contributed by atoms with E-state index >= 15 is 0 Å². The average molecular weight is 212 g/mol. The molecule has 1 rings (SSSR count). The lowest BCUT2D eigenvalue weighted by Gasteiger charge is -2.33. The molecule has 4 heteroatoms. The molecule has 4 nitrogen and oxygen atoms in total. The van der Waals surface area contributed by atoms with Gasteiger partial charge in [-0.2, -0.15) is 0 Å². The number of rotatable bonds is 2. The standard InChI is InChI=1S/C11H16O4/c1-7-5-11(4,6-14-9(3)12)15-10(13)8(7)2/h5-6H2,1-4H3. The van der Waals surface area contributed by atoms with Gasteiger partial charge in [-0.1, -0.05) is 5.57 Å². The molecule has 84 valence electrons. The Kier molecular flexibility index (Phi) is 3.17. The van der Waals surface area contributed by atoms with Crippen molar-refractivity contribution in [2.75, 3.05) is 6.61 Å². The molecule has 0 aromatic carbocycles. The molecule has 1 unspecified atom stereocenters. The van der Waals surface area contributed by atoms with Gasteiger partial charge >= 0.3 is 11.9 Å². The summed E-state index contributed by atoms with van der Waals surface area (Å²) < 4.78 is 10.1. The second-order valence-electron chi connectivity index (χ2n) is 4.20. The van der Waals surface area contributed by atoms with Gasteiger partial charge in [0.2, 0.25) is 0 Å². The first-order chi connectivity index (χ1) is 6.84. The quantitative estimate of drug-likeness (QED) is 0.652. The molecule has 0 saturated heterocycles. The molecular weight excluding hydrogens is 196 g/mol. The monoisotopic (exact) mass is 212 g/mol. The average Bonchev–Trinajstić information content (AvgIpc) is 2.11. The molecular formula is C11H16O4. The van der Waals surface area contributed by atoms with E-state index in [1.807, 2.05) is 6.92 Å². The minimum Gasteiger partial charge on any atom is -0.462 e. The van der Waals surface area contributed by atoms with Gasteiger partial charge < -0.3 is 9.47 Å². The molecule has 0 saturated carbocycles. The van der Waals surface area contributed by atoms with Crippen LogP contribution in [0.1, 0.15) is 34.1 Å². The lowest BCUT2D eigenvalue weighted by molar-refractivity contribution is -0.168. The fourth-order valence-electron chi connectivity index (χ4n) is 1.54. The maximum atomic E-state index is 11.4. The third kappa shape index (κ3) is 2.81. The Bertz CT molecular complexity index is 329. The fourth-order valence-corrected chi connectivity index (χ4v) is 1.54. The fraction of sp³-hybridized carbons (Fsp3) is 0.636. The molecule has 15 heavy (non-hydrogen) atoms. The van der Waals surface area contributed by atoms with Crippen LogP contribution in [0.25, 0.3) is 0 Å². The smallest absolute Gasteiger partial charge is 0.334 e. The first kappa shape index (κ1) is 11.8. The van der Waals surface area contributed by atoms with Gasteiger partial charge in [0.05, 0.1) is 0 Å². The summed E-state index contributed by atoms with van der Waals surface area (Å²) >= 11 is 0. The van der Waals surface area contributed by atoms with Crippen LogP contribution < -0.4 is 0 Å². The molecule has 0 bridgehead atoms. The van der Waals surface area contributed by atoms with E-state index < -0.39 is 5.60 Å². The largest absolute Gasteiger partial charge is 0.462 e. The number of cyclic esters (lactones) is 1. The van der Waals surface area contributed by atoms with Crippen molar-refractivity contribution in [3.8, 4) is 0 Å². The molecule has 0 amide bonds. The minimum atomic E-state index is -0.716. The van der Waals surface area contributed by atoms with E-state index in [1.54, 1.807) is 13.8 Å². The van der Waals surface area contributed by atoms with Crippen molar-refractivity contribution < 1.29 is 19.1 Å². The Hall–Kier alpha value is -1.32. The van der Waals surface area contributed by atoms with Gasteiger partial charge in [0.25, 0.3) is 0 Å². The van der Waals surface area contributed by atoms with Gasteiger partial charge in [-0.3, -0.25) is 4.79 Å². The first-order valence-corrected chi connectivity index (χ1v) is 4.87. The molecule has 1 atom stereocenters. The number of carbonyl (C=O) groups excluding carboxylic acids is 2. The summed E-state index contributed by atoms with van der Waals surface area (Å²) in [6.07, 6.45) is 0.609. The molecule has 1 aliphatic rings. The summed E-state index contributed by atoms with van der Waals surface area (Å²) in [4.78, 5) is 22.1. The Balaban J connectivity index is 2.73.